The van der Waals surface area contributed by atoms with Crippen molar-refractivity contribution in [1.29, 1.82) is 0 Å². The van der Waals surface area contributed by atoms with Gasteiger partial charge in [-0.2, -0.15) is 0 Å². The lowest BCUT2D eigenvalue weighted by Crippen LogP contribution is -2.47. The molecule has 1 N–H and O–H groups in total. The predicted octanol–water partition coefficient (Wildman–Crippen LogP) is 2.15. The molecule has 0 saturated carbocycles. The van der Waals surface area contributed by atoms with Crippen LogP contribution in [0.3, 0.4) is 0 Å². The zero-order valence-electron chi connectivity index (χ0n) is 13.6. The molecule has 1 saturated heterocycles. The molecule has 1 aromatic heterocycles. The maximum atomic E-state index is 4.34. The van der Waals surface area contributed by atoms with Crippen LogP contribution in [0.2, 0.25) is 0 Å². The summed E-state index contributed by atoms with van der Waals surface area (Å²) < 4.78 is 0. The van der Waals surface area contributed by atoms with Gasteiger partial charge in [0.2, 0.25) is 0 Å². The number of unbranched alkanes of at least 4 members (excludes halogenated alkanes) is 1. The van der Waals surface area contributed by atoms with E-state index >= 15 is 0 Å². The number of aromatic nitrogens is 1. The molecule has 4 nitrogen and oxygen atoms in total. The van der Waals surface area contributed by atoms with Gasteiger partial charge >= 0.3 is 0 Å². The number of hydrogen-bond acceptors (Lipinski definition) is 4. The van der Waals surface area contributed by atoms with Crippen molar-refractivity contribution in [3.8, 4) is 0 Å². The molecule has 2 heterocycles. The molecule has 0 aliphatic carbocycles. The number of rotatable bonds is 8. The maximum Gasteiger partial charge on any atom is 0.0490 e. The minimum atomic E-state index is 0.466. The number of pyridine rings is 1. The second-order valence-corrected chi connectivity index (χ2v) is 5.83. The van der Waals surface area contributed by atoms with Crippen LogP contribution in [-0.4, -0.2) is 60.6 Å². The van der Waals surface area contributed by atoms with Crippen molar-refractivity contribution in [3.05, 3.63) is 30.1 Å². The molecule has 118 valence electrons. The fraction of sp³-hybridized carbons (Fsp3) is 0.706. The molecule has 0 bridgehead atoms. The molecule has 1 fully saturated rings. The minimum absolute atomic E-state index is 0.466. The summed E-state index contributed by atoms with van der Waals surface area (Å²) in [6, 6.07) is 4.76. The van der Waals surface area contributed by atoms with Crippen LogP contribution in [-0.2, 0) is 0 Å². The van der Waals surface area contributed by atoms with E-state index in [1.807, 2.05) is 12.4 Å². The topological polar surface area (TPSA) is 31.4 Å². The number of hydrogen-bond donors (Lipinski definition) is 1. The van der Waals surface area contributed by atoms with Crippen LogP contribution in [0.4, 0.5) is 0 Å². The Labute approximate surface area is 129 Å². The molecule has 1 aliphatic rings. The molecule has 0 radical (unpaired) electrons. The third kappa shape index (κ3) is 5.06. The van der Waals surface area contributed by atoms with Crippen LogP contribution in [0, 0.1) is 0 Å². The molecule has 0 spiro atoms. The quantitative estimate of drug-likeness (QED) is 0.795. The summed E-state index contributed by atoms with van der Waals surface area (Å²) in [4.78, 5) is 9.54. The standard InChI is InChI=1S/C17H30N4/c1-3-5-11-21(4-2)17(16-7-6-8-19-14-16)15-20-12-9-18-10-13-20/h6-8,14,17-18H,3-5,9-13,15H2,1-2H3. The van der Waals surface area contributed by atoms with E-state index in [2.05, 4.69) is 46.1 Å². The normalized spacial score (nSPS) is 18.0. The van der Waals surface area contributed by atoms with Gasteiger partial charge in [-0.1, -0.05) is 26.3 Å². The molecule has 1 aliphatic heterocycles. The summed E-state index contributed by atoms with van der Waals surface area (Å²) in [5.41, 5.74) is 1.36. The van der Waals surface area contributed by atoms with Crippen LogP contribution in [0.5, 0.6) is 0 Å². The Hall–Kier alpha value is -0.970. The number of nitrogens with one attached hydrogen (secondary N) is 1. The van der Waals surface area contributed by atoms with E-state index < -0.39 is 0 Å². The maximum absolute atomic E-state index is 4.34. The van der Waals surface area contributed by atoms with Gasteiger partial charge in [-0.05, 0) is 31.1 Å². The lowest BCUT2D eigenvalue weighted by molar-refractivity contribution is 0.132. The third-order valence-electron chi connectivity index (χ3n) is 4.36. The van der Waals surface area contributed by atoms with Gasteiger partial charge in [0.15, 0.2) is 0 Å². The van der Waals surface area contributed by atoms with Crippen LogP contribution in [0.25, 0.3) is 0 Å². The molecule has 1 atom stereocenters. The van der Waals surface area contributed by atoms with Crippen molar-refractivity contribution in [2.45, 2.75) is 32.7 Å². The van der Waals surface area contributed by atoms with E-state index in [0.29, 0.717) is 6.04 Å². The van der Waals surface area contributed by atoms with Crippen molar-refractivity contribution in [1.82, 2.24) is 20.1 Å². The molecule has 2 rings (SSSR count). The van der Waals surface area contributed by atoms with E-state index in [1.54, 1.807) is 0 Å². The van der Waals surface area contributed by atoms with Crippen LogP contribution < -0.4 is 5.32 Å². The third-order valence-corrected chi connectivity index (χ3v) is 4.36. The molecule has 0 aromatic carbocycles. The molecule has 4 heteroatoms. The summed E-state index contributed by atoms with van der Waals surface area (Å²) in [5.74, 6) is 0. The van der Waals surface area contributed by atoms with Gasteiger partial charge < -0.3 is 5.32 Å². The summed E-state index contributed by atoms with van der Waals surface area (Å²) in [6.07, 6.45) is 6.44. The first-order valence-corrected chi connectivity index (χ1v) is 8.42. The molecule has 21 heavy (non-hydrogen) atoms. The lowest BCUT2D eigenvalue weighted by Gasteiger charge is -2.36. The Morgan fingerprint density at radius 1 is 1.33 bits per heavy atom. The van der Waals surface area contributed by atoms with Gasteiger partial charge in [-0.15, -0.1) is 0 Å². The first-order valence-electron chi connectivity index (χ1n) is 8.42. The zero-order valence-corrected chi connectivity index (χ0v) is 13.6. The zero-order chi connectivity index (χ0) is 14.9. The average Bonchev–Trinajstić information content (AvgIpc) is 2.56. The second-order valence-electron chi connectivity index (χ2n) is 5.83. The first kappa shape index (κ1) is 16.4. The number of likely N-dealkylation sites (N-methyl/N-ethyl adjacent to an activating group) is 1. The Kier molecular flexibility index (Phi) is 7.13. The Morgan fingerprint density at radius 3 is 2.76 bits per heavy atom. The smallest absolute Gasteiger partial charge is 0.0490 e. The molecular formula is C17H30N4. The number of piperazine rings is 1. The summed E-state index contributed by atoms with van der Waals surface area (Å²) >= 11 is 0. The fourth-order valence-corrected chi connectivity index (χ4v) is 3.04. The van der Waals surface area contributed by atoms with E-state index in [4.69, 9.17) is 0 Å². The SMILES string of the molecule is CCCCN(CC)C(CN1CCNCC1)c1cccnc1. The van der Waals surface area contributed by atoms with Crippen molar-refractivity contribution in [3.63, 3.8) is 0 Å². The molecular weight excluding hydrogens is 260 g/mol. The fourth-order valence-electron chi connectivity index (χ4n) is 3.04. The van der Waals surface area contributed by atoms with Gasteiger partial charge in [0.25, 0.3) is 0 Å². The predicted molar refractivity (Wildman–Crippen MR) is 88.4 cm³/mol. The first-order chi connectivity index (χ1) is 10.3. The highest BCUT2D eigenvalue weighted by atomic mass is 15.2. The highest BCUT2D eigenvalue weighted by Crippen LogP contribution is 2.22. The van der Waals surface area contributed by atoms with Crippen LogP contribution in [0.15, 0.2) is 24.5 Å². The Bertz CT molecular complexity index is 376. The second kappa shape index (κ2) is 9.13. The van der Waals surface area contributed by atoms with Gasteiger partial charge in [-0.3, -0.25) is 14.8 Å². The summed E-state index contributed by atoms with van der Waals surface area (Å²) in [5, 5.41) is 3.44. The highest BCUT2D eigenvalue weighted by Gasteiger charge is 2.22. The van der Waals surface area contributed by atoms with E-state index in [-0.39, 0.29) is 0 Å². The molecule has 1 unspecified atom stereocenters. The number of nitrogens with zero attached hydrogens (tertiary/aromatic N) is 3. The van der Waals surface area contributed by atoms with Crippen molar-refractivity contribution in [2.75, 3.05) is 45.8 Å². The summed E-state index contributed by atoms with van der Waals surface area (Å²) in [7, 11) is 0. The average molecular weight is 290 g/mol. The Morgan fingerprint density at radius 2 is 2.14 bits per heavy atom. The van der Waals surface area contributed by atoms with E-state index in [9.17, 15) is 0 Å². The highest BCUT2D eigenvalue weighted by molar-refractivity contribution is 5.15. The van der Waals surface area contributed by atoms with Crippen molar-refractivity contribution >= 4 is 0 Å². The van der Waals surface area contributed by atoms with E-state index in [0.717, 1.165) is 39.3 Å². The minimum Gasteiger partial charge on any atom is -0.314 e. The monoisotopic (exact) mass is 290 g/mol. The molecule has 0 amide bonds. The summed E-state index contributed by atoms with van der Waals surface area (Å²) in [6.45, 7) is 12.5. The van der Waals surface area contributed by atoms with E-state index in [1.165, 1.54) is 24.9 Å². The van der Waals surface area contributed by atoms with Gasteiger partial charge in [0, 0.05) is 51.2 Å². The van der Waals surface area contributed by atoms with Crippen molar-refractivity contribution < 1.29 is 0 Å². The van der Waals surface area contributed by atoms with Gasteiger partial charge in [0.05, 0.1) is 0 Å². The molecule has 1 aromatic rings. The van der Waals surface area contributed by atoms with Crippen LogP contribution in [0.1, 0.15) is 38.3 Å². The van der Waals surface area contributed by atoms with Crippen LogP contribution >= 0.6 is 0 Å². The lowest BCUT2D eigenvalue weighted by atomic mass is 10.1. The largest absolute Gasteiger partial charge is 0.314 e. The van der Waals surface area contributed by atoms with Crippen molar-refractivity contribution in [2.24, 2.45) is 0 Å². The Balaban J connectivity index is 2.08. The van der Waals surface area contributed by atoms with Gasteiger partial charge in [0.1, 0.15) is 0 Å². The van der Waals surface area contributed by atoms with Gasteiger partial charge in [-0.25, -0.2) is 0 Å².